The summed E-state index contributed by atoms with van der Waals surface area (Å²) in [5.74, 6) is 2.62. The maximum Gasteiger partial charge on any atom is 0.340 e. The fraction of sp³-hybridized carbons (Fsp3) is 0.615. The van der Waals surface area contributed by atoms with Crippen molar-refractivity contribution in [3.63, 3.8) is 0 Å². The molecular weight excluding hydrogens is 376 g/mol. The molecule has 2 bridgehead atoms. The molecule has 0 N–H and O–H groups in total. The molecule has 0 aromatic carbocycles. The second kappa shape index (κ2) is 6.45. The topological polar surface area (TPSA) is 52.6 Å². The third kappa shape index (κ3) is 2.18. The van der Waals surface area contributed by atoms with Crippen LogP contribution >= 0.6 is 0 Å². The lowest BCUT2D eigenvalue weighted by atomic mass is 9.45. The van der Waals surface area contributed by atoms with Crippen molar-refractivity contribution < 1.29 is 19.1 Å². The first-order valence-electron chi connectivity index (χ1n) is 11.9. The zero-order valence-electron chi connectivity index (χ0n) is 18.0. The van der Waals surface area contributed by atoms with Crippen LogP contribution in [0.25, 0.3) is 0 Å². The van der Waals surface area contributed by atoms with Crippen molar-refractivity contribution in [2.75, 3.05) is 0 Å². The smallest absolute Gasteiger partial charge is 0.340 e. The molecule has 1 saturated heterocycles. The number of cyclic esters (lactones) is 1. The Kier molecular flexibility index (Phi) is 4.01. The minimum atomic E-state index is -0.449. The molecule has 4 nitrogen and oxygen atoms in total. The highest BCUT2D eigenvalue weighted by Gasteiger charge is 2.67. The summed E-state index contributed by atoms with van der Waals surface area (Å²) in [6, 6.07) is 0. The van der Waals surface area contributed by atoms with Crippen LogP contribution < -0.4 is 0 Å². The van der Waals surface area contributed by atoms with E-state index in [1.54, 1.807) is 0 Å². The molecule has 4 heteroatoms. The summed E-state index contributed by atoms with van der Waals surface area (Å²) in [5.41, 5.74) is 3.79. The fourth-order valence-electron chi connectivity index (χ4n) is 7.53. The second-order valence-electron chi connectivity index (χ2n) is 10.0. The van der Waals surface area contributed by atoms with Crippen LogP contribution in [0.1, 0.15) is 71.6 Å². The molecule has 5 aliphatic carbocycles. The van der Waals surface area contributed by atoms with Gasteiger partial charge in [-0.3, -0.25) is 0 Å². The number of ether oxygens (including phenoxy) is 2. The van der Waals surface area contributed by atoms with Crippen LogP contribution in [0, 0.1) is 29.1 Å². The van der Waals surface area contributed by atoms with Gasteiger partial charge in [0.1, 0.15) is 11.5 Å². The molecule has 1 spiro atoms. The van der Waals surface area contributed by atoms with Crippen molar-refractivity contribution in [1.29, 1.82) is 0 Å². The molecule has 158 valence electrons. The molecule has 2 aliphatic heterocycles. The number of hydrogen-bond acceptors (Lipinski definition) is 4. The van der Waals surface area contributed by atoms with Crippen LogP contribution in [-0.4, -0.2) is 11.9 Å². The van der Waals surface area contributed by atoms with Gasteiger partial charge in [-0.15, -0.1) is 0 Å². The van der Waals surface area contributed by atoms with E-state index in [1.807, 2.05) is 0 Å². The molecule has 7 aliphatic rings. The Morgan fingerprint density at radius 3 is 2.77 bits per heavy atom. The minimum absolute atomic E-state index is 0.0306. The Labute approximate surface area is 178 Å². The van der Waals surface area contributed by atoms with Crippen LogP contribution in [0.15, 0.2) is 46.0 Å². The van der Waals surface area contributed by atoms with E-state index < -0.39 is 5.41 Å². The zero-order valence-corrected chi connectivity index (χ0v) is 18.0. The lowest BCUT2D eigenvalue weighted by Crippen LogP contribution is -2.51. The van der Waals surface area contributed by atoms with Gasteiger partial charge in [0, 0.05) is 22.6 Å². The molecule has 5 atom stereocenters. The molecule has 1 saturated carbocycles. The van der Waals surface area contributed by atoms with Gasteiger partial charge in [-0.1, -0.05) is 32.8 Å². The maximum atomic E-state index is 13.3. The summed E-state index contributed by atoms with van der Waals surface area (Å²) in [5, 5.41) is 0. The summed E-state index contributed by atoms with van der Waals surface area (Å²) in [6.07, 6.45) is 13.6. The first kappa shape index (κ1) is 18.7. The van der Waals surface area contributed by atoms with Gasteiger partial charge < -0.3 is 9.47 Å². The monoisotopic (exact) mass is 406 g/mol. The lowest BCUT2D eigenvalue weighted by Gasteiger charge is -2.55. The van der Waals surface area contributed by atoms with Gasteiger partial charge in [0.25, 0.3) is 0 Å². The molecule has 2 fully saturated rings. The van der Waals surface area contributed by atoms with Crippen LogP contribution in [0.4, 0.5) is 0 Å². The summed E-state index contributed by atoms with van der Waals surface area (Å²) < 4.78 is 11.9. The van der Waals surface area contributed by atoms with Gasteiger partial charge in [0.05, 0.1) is 5.41 Å². The normalized spacial score (nSPS) is 39.7. The van der Waals surface area contributed by atoms with Crippen molar-refractivity contribution in [1.82, 2.24) is 0 Å². The van der Waals surface area contributed by atoms with Gasteiger partial charge in [0.15, 0.2) is 0 Å². The molecular formula is C26H30O4. The van der Waals surface area contributed by atoms with Crippen molar-refractivity contribution in [2.24, 2.45) is 29.1 Å². The van der Waals surface area contributed by atoms with E-state index in [4.69, 9.17) is 9.47 Å². The fourth-order valence-corrected chi connectivity index (χ4v) is 7.53. The van der Waals surface area contributed by atoms with E-state index in [2.05, 4.69) is 26.0 Å². The van der Waals surface area contributed by atoms with Gasteiger partial charge in [-0.05, 0) is 74.3 Å². The molecule has 0 aromatic rings. The highest BCUT2D eigenvalue weighted by atomic mass is 16.5. The van der Waals surface area contributed by atoms with Crippen LogP contribution in [-0.2, 0) is 19.1 Å². The van der Waals surface area contributed by atoms with E-state index in [1.165, 1.54) is 11.1 Å². The van der Waals surface area contributed by atoms with Crippen LogP contribution in [0.3, 0.4) is 0 Å². The third-order valence-electron chi connectivity index (χ3n) is 8.62. The summed E-state index contributed by atoms with van der Waals surface area (Å²) in [4.78, 5) is 26.2. The first-order chi connectivity index (χ1) is 14.6. The van der Waals surface area contributed by atoms with Gasteiger partial charge in [0.2, 0.25) is 0 Å². The third-order valence-corrected chi connectivity index (χ3v) is 8.62. The molecule has 0 amide bonds. The Bertz CT molecular complexity index is 977. The number of fused-ring (bicyclic) bond motifs is 1. The Morgan fingerprint density at radius 2 is 1.97 bits per heavy atom. The maximum absolute atomic E-state index is 13.3. The number of hydrogen-bond donors (Lipinski definition) is 0. The van der Waals surface area contributed by atoms with Crippen molar-refractivity contribution in [3.8, 4) is 0 Å². The molecule has 5 unspecified atom stereocenters. The molecule has 0 radical (unpaired) electrons. The summed E-state index contributed by atoms with van der Waals surface area (Å²) in [7, 11) is 0. The van der Waals surface area contributed by atoms with Gasteiger partial charge in [-0.2, -0.15) is 0 Å². The van der Waals surface area contributed by atoms with E-state index in [-0.39, 0.29) is 17.9 Å². The standard InChI is InChI=1S/C26H30O4/c1-3-5-7-19-26-11-10-15(13-18(26)24(27)29-19)17-12-16-9-8-14(6-4-2)23-20(16)21(22(17)26)25(28)30-23/h7,13,15-17,22H,3-6,8-12H2,1-2H3. The number of carbonyl (C=O) groups excluding carboxylic acids is 2. The van der Waals surface area contributed by atoms with E-state index in [0.29, 0.717) is 17.8 Å². The number of allylic oxidation sites excluding steroid dienone is 5. The molecule has 30 heavy (non-hydrogen) atoms. The number of esters is 2. The Balaban J connectivity index is 1.57. The van der Waals surface area contributed by atoms with Gasteiger partial charge >= 0.3 is 11.9 Å². The quantitative estimate of drug-likeness (QED) is 0.577. The van der Waals surface area contributed by atoms with Gasteiger partial charge in [-0.25, -0.2) is 9.59 Å². The Morgan fingerprint density at radius 1 is 1.10 bits per heavy atom. The number of unbranched alkanes of at least 4 members (excludes halogenated alkanes) is 1. The molecule has 7 rings (SSSR count). The molecule has 2 heterocycles. The SMILES string of the molecule is CCCC=C1OC(=O)C2=CC3CCC12C1C2=C4C(=C(CCC)CCC4CC31)OC2=O. The number of rotatable bonds is 4. The largest absolute Gasteiger partial charge is 0.427 e. The number of carbonyl (C=O) groups is 2. The zero-order chi connectivity index (χ0) is 20.6. The van der Waals surface area contributed by atoms with E-state index in [0.717, 1.165) is 80.5 Å². The highest BCUT2D eigenvalue weighted by molar-refractivity contribution is 6.00. The van der Waals surface area contributed by atoms with Crippen molar-refractivity contribution in [2.45, 2.75) is 71.6 Å². The molecule has 0 aromatic heterocycles. The first-order valence-corrected chi connectivity index (χ1v) is 11.9. The second-order valence-corrected chi connectivity index (χ2v) is 10.0. The van der Waals surface area contributed by atoms with Crippen LogP contribution in [0.5, 0.6) is 0 Å². The average Bonchev–Trinajstić information content (AvgIpc) is 3.25. The predicted molar refractivity (Wildman–Crippen MR) is 112 cm³/mol. The van der Waals surface area contributed by atoms with Crippen molar-refractivity contribution in [3.05, 3.63) is 46.0 Å². The predicted octanol–water partition coefficient (Wildman–Crippen LogP) is 5.52. The van der Waals surface area contributed by atoms with Crippen LogP contribution in [0.2, 0.25) is 0 Å². The van der Waals surface area contributed by atoms with E-state index in [9.17, 15) is 9.59 Å². The lowest BCUT2D eigenvalue weighted by molar-refractivity contribution is -0.135. The van der Waals surface area contributed by atoms with Crippen molar-refractivity contribution >= 4 is 11.9 Å². The summed E-state index contributed by atoms with van der Waals surface area (Å²) >= 11 is 0. The highest BCUT2D eigenvalue weighted by Crippen LogP contribution is 2.70. The minimum Gasteiger partial charge on any atom is -0.427 e. The summed E-state index contributed by atoms with van der Waals surface area (Å²) in [6.45, 7) is 4.33. The average molecular weight is 407 g/mol. The van der Waals surface area contributed by atoms with E-state index >= 15 is 0 Å². The Hall–Kier alpha value is -2.10.